The van der Waals surface area contributed by atoms with Crippen LogP contribution in [0.15, 0.2) is 51.4 Å². The molecule has 7 heteroatoms. The number of hydrazine groups is 1. The normalized spacial score (nSPS) is 10.8. The topological polar surface area (TPSA) is 64.3 Å². The van der Waals surface area contributed by atoms with Gasteiger partial charge in [0.2, 0.25) is 0 Å². The quantitative estimate of drug-likeness (QED) is 0.300. The van der Waals surface area contributed by atoms with Crippen LogP contribution < -0.4 is 16.0 Å². The van der Waals surface area contributed by atoms with Crippen LogP contribution in [-0.4, -0.2) is 5.91 Å². The van der Waals surface area contributed by atoms with Crippen LogP contribution in [0, 0.1) is 0 Å². The molecule has 2 aromatic carbocycles. The van der Waals surface area contributed by atoms with Gasteiger partial charge in [-0.2, -0.15) is 0 Å². The van der Waals surface area contributed by atoms with Crippen molar-refractivity contribution in [1.29, 1.82) is 0 Å². The highest BCUT2D eigenvalue weighted by Gasteiger charge is 2.10. The average Bonchev–Trinajstić information content (AvgIpc) is 2.53. The molecule has 2 aromatic rings. The molecule has 0 spiro atoms. The Morgan fingerprint density at radius 2 is 2.00 bits per heavy atom. The van der Waals surface area contributed by atoms with E-state index in [-0.39, 0.29) is 0 Å². The first-order valence-electron chi connectivity index (χ1n) is 6.55. The molecule has 0 aromatic heterocycles. The Hall–Kier alpha value is -1.34. The number of benzene rings is 2. The van der Waals surface area contributed by atoms with Gasteiger partial charge in [-0.25, -0.2) is 5.84 Å². The Bertz CT molecular complexity index is 728. The maximum Gasteiger partial charge on any atom is 0.257 e. The molecule has 0 aliphatic heterocycles. The van der Waals surface area contributed by atoms with E-state index in [1.165, 1.54) is 6.08 Å². The first kappa shape index (κ1) is 18.0. The van der Waals surface area contributed by atoms with Gasteiger partial charge >= 0.3 is 0 Å². The second kappa shape index (κ2) is 8.49. The Labute approximate surface area is 155 Å². The highest BCUT2D eigenvalue weighted by Crippen LogP contribution is 2.35. The van der Waals surface area contributed by atoms with E-state index in [1.54, 1.807) is 12.1 Å². The molecule has 23 heavy (non-hydrogen) atoms. The average molecular weight is 461 g/mol. The zero-order valence-electron chi connectivity index (χ0n) is 11.9. The summed E-state index contributed by atoms with van der Waals surface area (Å²) >= 11 is 13.2. The van der Waals surface area contributed by atoms with Crippen molar-refractivity contribution in [3.63, 3.8) is 0 Å². The van der Waals surface area contributed by atoms with Crippen LogP contribution in [-0.2, 0) is 11.4 Å². The van der Waals surface area contributed by atoms with E-state index in [0.29, 0.717) is 21.9 Å². The van der Waals surface area contributed by atoms with Gasteiger partial charge in [0, 0.05) is 16.1 Å². The van der Waals surface area contributed by atoms with E-state index in [0.717, 1.165) is 15.6 Å². The fraction of sp³-hybridized carbons (Fsp3) is 0.0625. The van der Waals surface area contributed by atoms with Gasteiger partial charge < -0.3 is 4.74 Å². The number of hydrogen-bond acceptors (Lipinski definition) is 3. The minimum atomic E-state index is -0.397. The van der Waals surface area contributed by atoms with Crippen molar-refractivity contribution in [3.8, 4) is 5.75 Å². The van der Waals surface area contributed by atoms with Crippen LogP contribution in [0.2, 0.25) is 5.02 Å². The van der Waals surface area contributed by atoms with Crippen molar-refractivity contribution in [2.45, 2.75) is 6.61 Å². The number of rotatable bonds is 5. The summed E-state index contributed by atoms with van der Waals surface area (Å²) in [4.78, 5) is 11.1. The van der Waals surface area contributed by atoms with Gasteiger partial charge in [0.05, 0.1) is 9.50 Å². The molecule has 120 valence electrons. The molecule has 0 fully saturated rings. The summed E-state index contributed by atoms with van der Waals surface area (Å²) < 4.78 is 7.47. The van der Waals surface area contributed by atoms with Crippen LogP contribution in [0.3, 0.4) is 0 Å². The molecule has 0 bridgehead atoms. The second-order valence-corrected chi connectivity index (χ2v) is 6.65. The summed E-state index contributed by atoms with van der Waals surface area (Å²) in [5.41, 5.74) is 3.78. The summed E-state index contributed by atoms with van der Waals surface area (Å²) in [5, 5.41) is 0.444. The molecule has 0 atom stereocenters. The number of ether oxygens (including phenoxy) is 1. The zero-order valence-corrected chi connectivity index (χ0v) is 15.8. The van der Waals surface area contributed by atoms with Crippen molar-refractivity contribution >= 4 is 55.4 Å². The van der Waals surface area contributed by atoms with Gasteiger partial charge in [0.25, 0.3) is 5.91 Å². The molecule has 0 unspecified atom stereocenters. The number of nitrogens with one attached hydrogen (secondary N) is 1. The summed E-state index contributed by atoms with van der Waals surface area (Å²) in [6.07, 6.45) is 2.93. The van der Waals surface area contributed by atoms with Gasteiger partial charge in [-0.1, -0.05) is 45.7 Å². The molecule has 3 N–H and O–H groups in total. The van der Waals surface area contributed by atoms with E-state index in [9.17, 15) is 4.79 Å². The first-order valence-corrected chi connectivity index (χ1v) is 8.51. The Kier molecular flexibility index (Phi) is 6.65. The highest BCUT2D eigenvalue weighted by atomic mass is 79.9. The van der Waals surface area contributed by atoms with Gasteiger partial charge in [-0.15, -0.1) is 0 Å². The van der Waals surface area contributed by atoms with Crippen molar-refractivity contribution < 1.29 is 9.53 Å². The third-order valence-electron chi connectivity index (χ3n) is 2.92. The Morgan fingerprint density at radius 1 is 1.26 bits per heavy atom. The largest absolute Gasteiger partial charge is 0.486 e. The maximum atomic E-state index is 11.1. The lowest BCUT2D eigenvalue weighted by Gasteiger charge is -2.12. The van der Waals surface area contributed by atoms with Gasteiger partial charge in [0.15, 0.2) is 5.75 Å². The molecular weight excluding hydrogens is 447 g/mol. The van der Waals surface area contributed by atoms with Crippen molar-refractivity contribution in [3.05, 3.63) is 67.6 Å². The van der Waals surface area contributed by atoms with Gasteiger partial charge in [-0.05, 0) is 45.8 Å². The molecule has 0 saturated heterocycles. The van der Waals surface area contributed by atoms with E-state index >= 15 is 0 Å². The molecular formula is C16H13Br2ClN2O2. The number of carbonyl (C=O) groups excluding carboxylic acids is 1. The fourth-order valence-electron chi connectivity index (χ4n) is 1.80. The molecule has 0 saturated carbocycles. The number of halogens is 3. The summed E-state index contributed by atoms with van der Waals surface area (Å²) in [5.74, 6) is 5.16. The standard InChI is InChI=1S/C16H13Br2ClN2O2/c17-12-4-2-1-3-11(12)9-23-16-13(18)7-10(8-14(16)19)5-6-15(22)21-20/h1-8H,9,20H2,(H,21,22)/b6-5+. The summed E-state index contributed by atoms with van der Waals surface area (Å²) in [6, 6.07) is 11.3. The fourth-order valence-corrected chi connectivity index (χ4v) is 3.19. The van der Waals surface area contributed by atoms with Crippen molar-refractivity contribution in [2.24, 2.45) is 5.84 Å². The number of nitrogens with two attached hydrogens (primary N) is 1. The first-order chi connectivity index (χ1) is 11.0. The lowest BCUT2D eigenvalue weighted by molar-refractivity contribution is -0.116. The van der Waals surface area contributed by atoms with E-state index in [2.05, 4.69) is 31.9 Å². The zero-order chi connectivity index (χ0) is 16.8. The highest BCUT2D eigenvalue weighted by molar-refractivity contribution is 9.10. The predicted molar refractivity (Wildman–Crippen MR) is 99.0 cm³/mol. The summed E-state index contributed by atoms with van der Waals surface area (Å²) in [6.45, 7) is 0.379. The minimum absolute atomic E-state index is 0.379. The Balaban J connectivity index is 2.16. The van der Waals surface area contributed by atoms with E-state index in [1.807, 2.05) is 35.8 Å². The predicted octanol–water partition coefficient (Wildman–Crippen LogP) is 4.45. The smallest absolute Gasteiger partial charge is 0.257 e. The molecule has 2 rings (SSSR count). The maximum absolute atomic E-state index is 11.1. The number of hydrogen-bond donors (Lipinski definition) is 2. The Morgan fingerprint density at radius 3 is 2.65 bits per heavy atom. The minimum Gasteiger partial charge on any atom is -0.486 e. The third-order valence-corrected chi connectivity index (χ3v) is 4.56. The lowest BCUT2D eigenvalue weighted by atomic mass is 10.2. The van der Waals surface area contributed by atoms with Crippen molar-refractivity contribution in [2.75, 3.05) is 0 Å². The molecule has 4 nitrogen and oxygen atoms in total. The third kappa shape index (κ3) is 5.07. The van der Waals surface area contributed by atoms with E-state index in [4.69, 9.17) is 22.2 Å². The van der Waals surface area contributed by atoms with E-state index < -0.39 is 5.91 Å². The number of amides is 1. The van der Waals surface area contributed by atoms with Gasteiger partial charge in [0.1, 0.15) is 6.61 Å². The molecule has 0 heterocycles. The molecule has 0 radical (unpaired) electrons. The lowest BCUT2D eigenvalue weighted by Crippen LogP contribution is -2.27. The van der Waals surface area contributed by atoms with Crippen LogP contribution in [0.1, 0.15) is 11.1 Å². The number of carbonyl (C=O) groups is 1. The van der Waals surface area contributed by atoms with Crippen LogP contribution in [0.25, 0.3) is 6.08 Å². The van der Waals surface area contributed by atoms with Crippen LogP contribution in [0.5, 0.6) is 5.75 Å². The SMILES string of the molecule is NNC(=O)/C=C/c1cc(Cl)c(OCc2ccccc2Br)c(Br)c1. The second-order valence-electron chi connectivity index (χ2n) is 4.54. The van der Waals surface area contributed by atoms with Crippen LogP contribution in [0.4, 0.5) is 0 Å². The molecule has 1 amide bonds. The van der Waals surface area contributed by atoms with Gasteiger partial charge in [-0.3, -0.25) is 10.2 Å². The summed E-state index contributed by atoms with van der Waals surface area (Å²) in [7, 11) is 0. The van der Waals surface area contributed by atoms with Crippen molar-refractivity contribution in [1.82, 2.24) is 5.43 Å². The molecule has 0 aliphatic carbocycles. The van der Waals surface area contributed by atoms with Crippen LogP contribution >= 0.6 is 43.5 Å². The molecule has 0 aliphatic rings. The monoisotopic (exact) mass is 458 g/mol.